The number of hydrogen-bond acceptors (Lipinski definition) is 6. The standard InChI is InChI=1S/C19H20N4O5S/c1-12(29-14-8-6-13(7-9-14)23(27)28)18(25)22-16-5-3-2-4-15(16)19(26)21-11-10-17(20)24/h2-9,12H,10-11H2,1H3,(H2,20,24)(H,21,26)(H,22,25). The molecule has 10 heteroatoms. The van der Waals surface area contributed by atoms with Crippen molar-refractivity contribution in [2.24, 2.45) is 5.73 Å². The Morgan fingerprint density at radius 3 is 2.41 bits per heavy atom. The van der Waals surface area contributed by atoms with Crippen LogP contribution in [0.3, 0.4) is 0 Å². The molecular formula is C19H20N4O5S. The van der Waals surface area contributed by atoms with Crippen LogP contribution >= 0.6 is 11.8 Å². The first-order valence-electron chi connectivity index (χ1n) is 8.65. The molecule has 0 aromatic heterocycles. The Bertz CT molecular complexity index is 917. The molecule has 2 aromatic rings. The number of carbonyl (C=O) groups is 3. The summed E-state index contributed by atoms with van der Waals surface area (Å²) in [5, 5.41) is 15.5. The molecule has 0 aliphatic rings. The van der Waals surface area contributed by atoms with Crippen LogP contribution in [0.15, 0.2) is 53.4 Å². The number of non-ortho nitro benzene ring substituents is 1. The number of thioether (sulfide) groups is 1. The van der Waals surface area contributed by atoms with Gasteiger partial charge in [-0.2, -0.15) is 0 Å². The van der Waals surface area contributed by atoms with Crippen molar-refractivity contribution in [3.8, 4) is 0 Å². The minimum Gasteiger partial charge on any atom is -0.370 e. The highest BCUT2D eigenvalue weighted by molar-refractivity contribution is 8.00. The summed E-state index contributed by atoms with van der Waals surface area (Å²) in [6.07, 6.45) is 0.0170. The SMILES string of the molecule is CC(Sc1ccc([N+](=O)[O-])cc1)C(=O)Nc1ccccc1C(=O)NCCC(N)=O. The molecule has 152 valence electrons. The number of nitrogens with two attached hydrogens (primary N) is 1. The quantitative estimate of drug-likeness (QED) is 0.325. The average molecular weight is 416 g/mol. The minimum absolute atomic E-state index is 0.0170. The number of primary amides is 1. The van der Waals surface area contributed by atoms with Gasteiger partial charge >= 0.3 is 0 Å². The monoisotopic (exact) mass is 416 g/mol. The fourth-order valence-electron chi connectivity index (χ4n) is 2.32. The van der Waals surface area contributed by atoms with E-state index in [-0.39, 0.29) is 30.1 Å². The van der Waals surface area contributed by atoms with E-state index >= 15 is 0 Å². The maximum atomic E-state index is 12.5. The van der Waals surface area contributed by atoms with E-state index in [1.54, 1.807) is 43.3 Å². The van der Waals surface area contributed by atoms with Crippen molar-refractivity contribution in [3.63, 3.8) is 0 Å². The van der Waals surface area contributed by atoms with Crippen LogP contribution in [0.4, 0.5) is 11.4 Å². The number of para-hydroxylation sites is 1. The van der Waals surface area contributed by atoms with Crippen molar-refractivity contribution in [1.29, 1.82) is 0 Å². The Labute approximate surface area is 171 Å². The first-order chi connectivity index (χ1) is 13.8. The van der Waals surface area contributed by atoms with Crippen molar-refractivity contribution in [1.82, 2.24) is 5.32 Å². The molecule has 0 radical (unpaired) electrons. The van der Waals surface area contributed by atoms with E-state index in [1.807, 2.05) is 0 Å². The second kappa shape index (κ2) is 10.2. The molecule has 0 bridgehead atoms. The Kier molecular flexibility index (Phi) is 7.72. The van der Waals surface area contributed by atoms with Crippen LogP contribution in [0.2, 0.25) is 0 Å². The third-order valence-electron chi connectivity index (χ3n) is 3.82. The van der Waals surface area contributed by atoms with Crippen molar-refractivity contribution >= 4 is 40.9 Å². The zero-order valence-corrected chi connectivity index (χ0v) is 16.4. The van der Waals surface area contributed by atoms with Gasteiger partial charge in [0.25, 0.3) is 11.6 Å². The molecule has 0 aliphatic carbocycles. The topological polar surface area (TPSA) is 144 Å². The number of nitrogens with zero attached hydrogens (tertiary/aromatic N) is 1. The Morgan fingerprint density at radius 2 is 1.79 bits per heavy atom. The lowest BCUT2D eigenvalue weighted by Crippen LogP contribution is -2.29. The number of nitrogens with one attached hydrogen (secondary N) is 2. The second-order valence-electron chi connectivity index (χ2n) is 6.02. The van der Waals surface area contributed by atoms with Crippen molar-refractivity contribution < 1.29 is 19.3 Å². The van der Waals surface area contributed by atoms with E-state index in [4.69, 9.17) is 5.73 Å². The van der Waals surface area contributed by atoms with Gasteiger partial charge in [0, 0.05) is 30.0 Å². The number of rotatable bonds is 9. The molecule has 1 unspecified atom stereocenters. The van der Waals surface area contributed by atoms with Crippen LogP contribution in [0.25, 0.3) is 0 Å². The largest absolute Gasteiger partial charge is 0.370 e. The molecule has 2 rings (SSSR count). The van der Waals surface area contributed by atoms with Crippen LogP contribution < -0.4 is 16.4 Å². The van der Waals surface area contributed by atoms with Gasteiger partial charge in [-0.25, -0.2) is 0 Å². The molecule has 0 saturated heterocycles. The van der Waals surface area contributed by atoms with Gasteiger partial charge in [0.1, 0.15) is 0 Å². The Morgan fingerprint density at radius 1 is 1.14 bits per heavy atom. The molecule has 4 N–H and O–H groups in total. The molecule has 3 amide bonds. The third kappa shape index (κ3) is 6.61. The number of nitro benzene ring substituents is 1. The lowest BCUT2D eigenvalue weighted by atomic mass is 10.1. The minimum atomic E-state index is -0.524. The first-order valence-corrected chi connectivity index (χ1v) is 9.53. The summed E-state index contributed by atoms with van der Waals surface area (Å²) in [6.45, 7) is 1.79. The zero-order valence-electron chi connectivity index (χ0n) is 15.6. The van der Waals surface area contributed by atoms with Crippen molar-refractivity contribution in [2.75, 3.05) is 11.9 Å². The van der Waals surface area contributed by atoms with Gasteiger partial charge in [0.05, 0.1) is 21.4 Å². The van der Waals surface area contributed by atoms with E-state index < -0.39 is 22.0 Å². The first kappa shape index (κ1) is 21.9. The number of benzene rings is 2. The molecule has 0 saturated carbocycles. The smallest absolute Gasteiger partial charge is 0.269 e. The average Bonchev–Trinajstić information content (AvgIpc) is 2.68. The summed E-state index contributed by atoms with van der Waals surface area (Å²) < 4.78 is 0. The van der Waals surface area contributed by atoms with Gasteiger partial charge < -0.3 is 16.4 Å². The number of anilines is 1. The van der Waals surface area contributed by atoms with Gasteiger partial charge in [0.2, 0.25) is 11.8 Å². The summed E-state index contributed by atoms with van der Waals surface area (Å²) >= 11 is 1.24. The van der Waals surface area contributed by atoms with Gasteiger partial charge in [-0.3, -0.25) is 24.5 Å². The molecule has 1 atom stereocenters. The molecule has 0 spiro atoms. The van der Waals surface area contributed by atoms with Gasteiger partial charge in [-0.05, 0) is 31.2 Å². The number of nitro groups is 1. The maximum absolute atomic E-state index is 12.5. The fraction of sp³-hybridized carbons (Fsp3) is 0.211. The van der Waals surface area contributed by atoms with Crippen LogP contribution in [0, 0.1) is 10.1 Å². The molecular weight excluding hydrogens is 396 g/mol. The predicted octanol–water partition coefficient (Wildman–Crippen LogP) is 2.32. The highest BCUT2D eigenvalue weighted by Crippen LogP contribution is 2.26. The molecule has 0 heterocycles. The highest BCUT2D eigenvalue weighted by atomic mass is 32.2. The Hall–Kier alpha value is -3.40. The lowest BCUT2D eigenvalue weighted by Gasteiger charge is -2.14. The molecule has 9 nitrogen and oxygen atoms in total. The van der Waals surface area contributed by atoms with Gasteiger partial charge in [0.15, 0.2) is 0 Å². The van der Waals surface area contributed by atoms with Gasteiger partial charge in [-0.15, -0.1) is 11.8 Å². The van der Waals surface area contributed by atoms with E-state index in [2.05, 4.69) is 10.6 Å². The second-order valence-corrected chi connectivity index (χ2v) is 7.43. The third-order valence-corrected chi connectivity index (χ3v) is 4.93. The van der Waals surface area contributed by atoms with Gasteiger partial charge in [-0.1, -0.05) is 12.1 Å². The van der Waals surface area contributed by atoms with Crippen LogP contribution in [0.1, 0.15) is 23.7 Å². The Balaban J connectivity index is 2.01. The van der Waals surface area contributed by atoms with Crippen molar-refractivity contribution in [3.05, 3.63) is 64.2 Å². The zero-order chi connectivity index (χ0) is 21.4. The lowest BCUT2D eigenvalue weighted by molar-refractivity contribution is -0.384. The molecule has 29 heavy (non-hydrogen) atoms. The van der Waals surface area contributed by atoms with Crippen LogP contribution in [0.5, 0.6) is 0 Å². The summed E-state index contributed by atoms with van der Waals surface area (Å²) in [5.41, 5.74) is 5.62. The summed E-state index contributed by atoms with van der Waals surface area (Å²) in [5.74, 6) is -1.28. The van der Waals surface area contributed by atoms with Crippen LogP contribution in [-0.4, -0.2) is 34.4 Å². The fourth-order valence-corrected chi connectivity index (χ4v) is 3.19. The van der Waals surface area contributed by atoms with E-state index in [0.717, 1.165) is 0 Å². The van der Waals surface area contributed by atoms with E-state index in [0.29, 0.717) is 10.6 Å². The maximum Gasteiger partial charge on any atom is 0.269 e. The molecule has 2 aromatic carbocycles. The number of hydrogen-bond donors (Lipinski definition) is 3. The van der Waals surface area contributed by atoms with Crippen molar-refractivity contribution in [2.45, 2.75) is 23.5 Å². The summed E-state index contributed by atoms with van der Waals surface area (Å²) in [7, 11) is 0. The normalized spacial score (nSPS) is 11.3. The van der Waals surface area contributed by atoms with E-state index in [9.17, 15) is 24.5 Å². The summed E-state index contributed by atoms with van der Waals surface area (Å²) in [6, 6.07) is 12.4. The van der Waals surface area contributed by atoms with E-state index in [1.165, 1.54) is 23.9 Å². The number of carbonyl (C=O) groups excluding carboxylic acids is 3. The molecule has 0 fully saturated rings. The predicted molar refractivity (Wildman–Crippen MR) is 110 cm³/mol. The highest BCUT2D eigenvalue weighted by Gasteiger charge is 2.18. The van der Waals surface area contributed by atoms with Crippen LogP contribution in [-0.2, 0) is 9.59 Å². The molecule has 0 aliphatic heterocycles. The number of amides is 3. The summed E-state index contributed by atoms with van der Waals surface area (Å²) in [4.78, 5) is 46.5.